The normalized spacial score (nSPS) is 13.3. The third-order valence-corrected chi connectivity index (χ3v) is 6.06. The lowest BCUT2D eigenvalue weighted by Gasteiger charge is -2.29. The van der Waals surface area contributed by atoms with Gasteiger partial charge in [0.2, 0.25) is 0 Å². The summed E-state index contributed by atoms with van der Waals surface area (Å²) in [5.74, 6) is -1.57. The van der Waals surface area contributed by atoms with Crippen molar-refractivity contribution in [2.75, 3.05) is 4.31 Å². The van der Waals surface area contributed by atoms with E-state index in [0.717, 1.165) is 25.1 Å². The number of sulfonamides is 1. The van der Waals surface area contributed by atoms with Crippen LogP contribution in [-0.4, -0.2) is 25.5 Å². The first-order chi connectivity index (χ1) is 12.4. The van der Waals surface area contributed by atoms with Crippen LogP contribution in [0.2, 0.25) is 10.0 Å². The molecule has 11 heteroatoms. The van der Waals surface area contributed by atoms with Gasteiger partial charge in [0.15, 0.2) is 0 Å². The Morgan fingerprint density at radius 1 is 1.11 bits per heavy atom. The summed E-state index contributed by atoms with van der Waals surface area (Å²) in [7, 11) is -4.56. The monoisotopic (exact) mass is 441 g/mol. The molecular weight excluding hydrogens is 430 g/mol. The van der Waals surface area contributed by atoms with Gasteiger partial charge in [0.25, 0.3) is 10.0 Å². The molecule has 0 aliphatic heterocycles. The minimum Gasteiger partial charge on any atom is -0.480 e. The summed E-state index contributed by atoms with van der Waals surface area (Å²) in [4.78, 5) is 11.1. The number of benzene rings is 2. The molecule has 27 heavy (non-hydrogen) atoms. The van der Waals surface area contributed by atoms with Gasteiger partial charge in [-0.1, -0.05) is 23.2 Å². The van der Waals surface area contributed by atoms with Crippen molar-refractivity contribution in [1.29, 1.82) is 0 Å². The maximum atomic E-state index is 13.0. The van der Waals surface area contributed by atoms with Crippen LogP contribution in [0.3, 0.4) is 0 Å². The zero-order valence-electron chi connectivity index (χ0n) is 13.5. The number of rotatable bonds is 5. The number of carboxylic acid groups (broad SMARTS) is 1. The van der Waals surface area contributed by atoms with Gasteiger partial charge in [-0.15, -0.1) is 0 Å². The first-order valence-corrected chi connectivity index (χ1v) is 9.45. The average molecular weight is 442 g/mol. The Morgan fingerprint density at radius 2 is 1.67 bits per heavy atom. The Morgan fingerprint density at radius 3 is 2.15 bits per heavy atom. The van der Waals surface area contributed by atoms with E-state index in [9.17, 15) is 31.5 Å². The smallest absolute Gasteiger partial charge is 0.416 e. The number of halogens is 5. The van der Waals surface area contributed by atoms with Crippen molar-refractivity contribution in [3.05, 3.63) is 58.1 Å². The van der Waals surface area contributed by atoms with Crippen LogP contribution in [0, 0.1) is 0 Å². The molecule has 0 fully saturated rings. The zero-order valence-corrected chi connectivity index (χ0v) is 15.9. The van der Waals surface area contributed by atoms with Crippen LogP contribution in [0.25, 0.3) is 0 Å². The molecule has 2 aromatic carbocycles. The third kappa shape index (κ3) is 4.48. The average Bonchev–Trinajstić information content (AvgIpc) is 2.55. The van der Waals surface area contributed by atoms with Crippen LogP contribution >= 0.6 is 23.2 Å². The minimum atomic E-state index is -4.78. The molecule has 0 amide bonds. The number of hydrogen-bond donors (Lipinski definition) is 1. The SMILES string of the molecule is CC(C(=O)O)N(c1cc(C(F)(F)F)ccc1Cl)S(=O)(=O)c1ccc(Cl)cc1. The number of hydrogen-bond acceptors (Lipinski definition) is 3. The maximum Gasteiger partial charge on any atom is 0.416 e. The van der Waals surface area contributed by atoms with Crippen LogP contribution in [0.1, 0.15) is 12.5 Å². The van der Waals surface area contributed by atoms with Crippen molar-refractivity contribution in [3.8, 4) is 0 Å². The summed E-state index contributed by atoms with van der Waals surface area (Å²) < 4.78 is 65.4. The highest BCUT2D eigenvalue weighted by Gasteiger charge is 2.37. The summed E-state index contributed by atoms with van der Waals surface area (Å²) in [6, 6.07) is 5.03. The Labute approximate surface area is 163 Å². The number of alkyl halides is 3. The molecule has 0 aliphatic rings. The van der Waals surface area contributed by atoms with Crippen molar-refractivity contribution >= 4 is 44.9 Å². The summed E-state index contributed by atoms with van der Waals surface area (Å²) in [5, 5.41) is 9.17. The summed E-state index contributed by atoms with van der Waals surface area (Å²) in [5.41, 5.74) is -1.77. The van der Waals surface area contributed by atoms with Gasteiger partial charge in [0.1, 0.15) is 6.04 Å². The number of carbonyl (C=O) groups is 1. The van der Waals surface area contributed by atoms with E-state index in [1.807, 2.05) is 0 Å². The Balaban J connectivity index is 2.73. The first-order valence-electron chi connectivity index (χ1n) is 7.25. The molecule has 1 unspecified atom stereocenters. The van der Waals surface area contributed by atoms with E-state index in [4.69, 9.17) is 23.2 Å². The summed E-state index contributed by atoms with van der Waals surface area (Å²) in [6.45, 7) is 1.02. The first kappa shape index (κ1) is 21.3. The second kappa shape index (κ2) is 7.57. The van der Waals surface area contributed by atoms with E-state index in [-0.39, 0.29) is 14.9 Å². The van der Waals surface area contributed by atoms with E-state index in [0.29, 0.717) is 16.4 Å². The lowest BCUT2D eigenvalue weighted by molar-refractivity contribution is -0.138. The molecule has 1 N–H and O–H groups in total. The van der Waals surface area contributed by atoms with Crippen molar-refractivity contribution in [1.82, 2.24) is 0 Å². The minimum absolute atomic E-state index is 0.226. The maximum absolute atomic E-state index is 13.0. The second-order valence-electron chi connectivity index (χ2n) is 5.43. The van der Waals surface area contributed by atoms with E-state index in [2.05, 4.69) is 0 Å². The number of anilines is 1. The topological polar surface area (TPSA) is 74.7 Å². The van der Waals surface area contributed by atoms with Crippen LogP contribution < -0.4 is 4.31 Å². The summed E-state index contributed by atoms with van der Waals surface area (Å²) >= 11 is 11.6. The van der Waals surface area contributed by atoms with Gasteiger partial charge in [-0.3, -0.25) is 4.31 Å². The fourth-order valence-corrected chi connectivity index (χ4v) is 4.23. The molecular formula is C16H12Cl2F3NO4S. The van der Waals surface area contributed by atoms with Crippen LogP contribution in [0.15, 0.2) is 47.4 Å². The number of aliphatic carboxylic acids is 1. The van der Waals surface area contributed by atoms with E-state index in [1.54, 1.807) is 0 Å². The Kier molecular flexibility index (Phi) is 5.98. The van der Waals surface area contributed by atoms with E-state index >= 15 is 0 Å². The lowest BCUT2D eigenvalue weighted by Crippen LogP contribution is -2.43. The molecule has 0 aromatic heterocycles. The lowest BCUT2D eigenvalue weighted by atomic mass is 10.2. The van der Waals surface area contributed by atoms with Gasteiger partial charge in [-0.2, -0.15) is 13.2 Å². The molecule has 0 aliphatic carbocycles. The zero-order chi connectivity index (χ0) is 20.6. The second-order valence-corrected chi connectivity index (χ2v) is 8.09. The molecule has 0 saturated heterocycles. The van der Waals surface area contributed by atoms with Crippen LogP contribution in [-0.2, 0) is 21.0 Å². The van der Waals surface area contributed by atoms with E-state index < -0.39 is 39.5 Å². The molecule has 0 saturated carbocycles. The molecule has 0 heterocycles. The summed E-state index contributed by atoms with van der Waals surface area (Å²) in [6.07, 6.45) is -4.78. The molecule has 5 nitrogen and oxygen atoms in total. The number of nitrogens with zero attached hydrogens (tertiary/aromatic N) is 1. The Bertz CT molecular complexity index is 963. The van der Waals surface area contributed by atoms with E-state index in [1.165, 1.54) is 12.1 Å². The van der Waals surface area contributed by atoms with Crippen molar-refractivity contribution in [3.63, 3.8) is 0 Å². The predicted octanol–water partition coefficient (Wildman–Crippen LogP) is 4.68. The molecule has 2 rings (SSSR count). The van der Waals surface area contributed by atoms with Crippen LogP contribution in [0.4, 0.5) is 18.9 Å². The standard InChI is InChI=1S/C16H12Cl2F3NO4S/c1-9(15(23)24)22(27(25,26)12-5-3-11(17)4-6-12)14-8-10(16(19,20)21)2-7-13(14)18/h2-9H,1H3,(H,23,24). The largest absolute Gasteiger partial charge is 0.480 e. The fourth-order valence-electron chi connectivity index (χ4n) is 2.22. The molecule has 0 bridgehead atoms. The van der Waals surface area contributed by atoms with Crippen molar-refractivity contribution in [2.45, 2.75) is 24.0 Å². The van der Waals surface area contributed by atoms with Gasteiger partial charge < -0.3 is 5.11 Å². The van der Waals surface area contributed by atoms with Crippen LogP contribution in [0.5, 0.6) is 0 Å². The van der Waals surface area contributed by atoms with Crippen molar-refractivity contribution < 1.29 is 31.5 Å². The van der Waals surface area contributed by atoms with Gasteiger partial charge in [-0.25, -0.2) is 13.2 Å². The molecule has 0 spiro atoms. The molecule has 0 radical (unpaired) electrons. The highest BCUT2D eigenvalue weighted by atomic mass is 35.5. The molecule has 146 valence electrons. The van der Waals surface area contributed by atoms with Gasteiger partial charge in [0.05, 0.1) is 21.2 Å². The Hall–Kier alpha value is -1.97. The third-order valence-electron chi connectivity index (χ3n) is 3.59. The molecule has 2 aromatic rings. The highest BCUT2D eigenvalue weighted by molar-refractivity contribution is 7.93. The van der Waals surface area contributed by atoms with Gasteiger partial charge in [0, 0.05) is 5.02 Å². The fraction of sp³-hybridized carbons (Fsp3) is 0.188. The molecule has 1 atom stereocenters. The predicted molar refractivity (Wildman–Crippen MR) is 94.7 cm³/mol. The van der Waals surface area contributed by atoms with Gasteiger partial charge in [-0.05, 0) is 49.4 Å². The van der Waals surface area contributed by atoms with Gasteiger partial charge >= 0.3 is 12.1 Å². The number of carboxylic acids is 1. The van der Waals surface area contributed by atoms with Crippen molar-refractivity contribution in [2.24, 2.45) is 0 Å². The highest BCUT2D eigenvalue weighted by Crippen LogP contribution is 2.38. The quantitative estimate of drug-likeness (QED) is 0.730.